The van der Waals surface area contributed by atoms with Gasteiger partial charge in [0.1, 0.15) is 5.82 Å². The molecule has 1 unspecified atom stereocenters. The lowest BCUT2D eigenvalue weighted by atomic mass is 9.92. The van der Waals surface area contributed by atoms with Gasteiger partial charge in [-0.1, -0.05) is 6.07 Å². The Bertz CT molecular complexity index is 498. The fraction of sp³-hybridized carbons (Fsp3) is 0.462. The summed E-state index contributed by atoms with van der Waals surface area (Å²) in [5, 5.41) is 10.1. The van der Waals surface area contributed by atoms with Crippen molar-refractivity contribution in [2.45, 2.75) is 25.0 Å². The number of nitrogens with zero attached hydrogens (tertiary/aromatic N) is 1. The molecule has 1 atom stereocenters. The van der Waals surface area contributed by atoms with Gasteiger partial charge in [0.15, 0.2) is 5.60 Å². The molecule has 0 spiro atoms. The molecule has 0 radical (unpaired) electrons. The van der Waals surface area contributed by atoms with Crippen molar-refractivity contribution in [1.82, 2.24) is 4.90 Å². The van der Waals surface area contributed by atoms with E-state index in [1.807, 2.05) is 4.90 Å². The van der Waals surface area contributed by atoms with Gasteiger partial charge in [-0.3, -0.25) is 9.69 Å². The molecule has 19 heavy (non-hydrogen) atoms. The molecular weight excluding hydrogens is 315 g/mol. The van der Waals surface area contributed by atoms with Gasteiger partial charge in [0.2, 0.25) is 0 Å². The lowest BCUT2D eigenvalue weighted by Crippen LogP contribution is -2.55. The van der Waals surface area contributed by atoms with E-state index in [0.717, 1.165) is 12.1 Å². The Morgan fingerprint density at radius 1 is 1.58 bits per heavy atom. The van der Waals surface area contributed by atoms with Crippen molar-refractivity contribution in [1.29, 1.82) is 0 Å². The van der Waals surface area contributed by atoms with Crippen molar-refractivity contribution in [3.8, 4) is 0 Å². The topological polar surface area (TPSA) is 66.6 Å². The fourth-order valence-corrected chi connectivity index (χ4v) is 2.78. The summed E-state index contributed by atoms with van der Waals surface area (Å²) in [6.07, 6.45) is 1.10. The number of hydrogen-bond acceptors (Lipinski definition) is 3. The molecule has 6 heteroatoms. The molecule has 1 amide bonds. The highest BCUT2D eigenvalue weighted by Crippen LogP contribution is 2.23. The number of benzene rings is 1. The summed E-state index contributed by atoms with van der Waals surface area (Å²) in [6, 6.07) is 4.79. The van der Waals surface area contributed by atoms with Gasteiger partial charge in [0, 0.05) is 13.1 Å². The largest absolute Gasteiger partial charge is 0.379 e. The van der Waals surface area contributed by atoms with E-state index in [1.54, 1.807) is 12.1 Å². The molecule has 1 aromatic carbocycles. The van der Waals surface area contributed by atoms with Gasteiger partial charge >= 0.3 is 0 Å². The van der Waals surface area contributed by atoms with Gasteiger partial charge in [0.05, 0.1) is 4.47 Å². The van der Waals surface area contributed by atoms with Gasteiger partial charge in [-0.15, -0.1) is 0 Å². The summed E-state index contributed by atoms with van der Waals surface area (Å²) < 4.78 is 13.6. The van der Waals surface area contributed by atoms with Crippen molar-refractivity contribution in [3.63, 3.8) is 0 Å². The highest BCUT2D eigenvalue weighted by molar-refractivity contribution is 9.10. The zero-order valence-electron chi connectivity index (χ0n) is 10.4. The maximum Gasteiger partial charge on any atom is 0.250 e. The van der Waals surface area contributed by atoms with Crippen LogP contribution >= 0.6 is 15.9 Å². The number of carbonyl (C=O) groups is 1. The van der Waals surface area contributed by atoms with Gasteiger partial charge < -0.3 is 10.8 Å². The summed E-state index contributed by atoms with van der Waals surface area (Å²) in [5.41, 5.74) is 4.70. The number of rotatable bonds is 3. The van der Waals surface area contributed by atoms with E-state index in [1.165, 1.54) is 6.07 Å². The Kier molecular flexibility index (Phi) is 4.23. The van der Waals surface area contributed by atoms with Crippen molar-refractivity contribution < 1.29 is 14.3 Å². The minimum absolute atomic E-state index is 0.220. The van der Waals surface area contributed by atoms with Gasteiger partial charge in [-0.05, 0) is 53.0 Å². The lowest BCUT2D eigenvalue weighted by molar-refractivity contribution is -0.142. The Labute approximate surface area is 119 Å². The second-order valence-electron chi connectivity index (χ2n) is 4.96. The van der Waals surface area contributed by atoms with Crippen LogP contribution in [0.1, 0.15) is 18.4 Å². The molecule has 3 N–H and O–H groups in total. The van der Waals surface area contributed by atoms with Crippen molar-refractivity contribution in [3.05, 3.63) is 34.1 Å². The van der Waals surface area contributed by atoms with Gasteiger partial charge in [-0.25, -0.2) is 4.39 Å². The smallest absolute Gasteiger partial charge is 0.250 e. The Balaban J connectivity index is 2.06. The van der Waals surface area contributed by atoms with Crippen LogP contribution in [0.4, 0.5) is 4.39 Å². The molecule has 1 aromatic rings. The van der Waals surface area contributed by atoms with Crippen LogP contribution in [-0.4, -0.2) is 34.6 Å². The quantitative estimate of drug-likeness (QED) is 0.880. The molecule has 0 bridgehead atoms. The number of β-amino-alcohol motifs (C(OH)–C–C–N with tert-alkyl or cyclic N) is 1. The molecule has 104 valence electrons. The minimum Gasteiger partial charge on any atom is -0.379 e. The minimum atomic E-state index is -1.45. The number of nitrogens with two attached hydrogens (primary N) is 1. The van der Waals surface area contributed by atoms with E-state index in [0.29, 0.717) is 23.9 Å². The molecule has 2 rings (SSSR count). The first-order valence-electron chi connectivity index (χ1n) is 6.09. The normalized spacial score (nSPS) is 24.4. The van der Waals surface area contributed by atoms with Crippen molar-refractivity contribution in [2.24, 2.45) is 5.73 Å². The van der Waals surface area contributed by atoms with Gasteiger partial charge in [0.25, 0.3) is 5.91 Å². The number of piperidine rings is 1. The van der Waals surface area contributed by atoms with Crippen LogP contribution in [0.25, 0.3) is 0 Å². The van der Waals surface area contributed by atoms with Gasteiger partial charge in [-0.2, -0.15) is 0 Å². The van der Waals surface area contributed by atoms with E-state index in [9.17, 15) is 14.3 Å². The summed E-state index contributed by atoms with van der Waals surface area (Å²) in [6.45, 7) is 1.55. The van der Waals surface area contributed by atoms with Crippen molar-refractivity contribution >= 4 is 21.8 Å². The number of primary amides is 1. The average molecular weight is 331 g/mol. The zero-order valence-corrected chi connectivity index (χ0v) is 12.0. The molecule has 0 aromatic heterocycles. The predicted molar refractivity (Wildman–Crippen MR) is 72.8 cm³/mol. The highest BCUT2D eigenvalue weighted by atomic mass is 79.9. The lowest BCUT2D eigenvalue weighted by Gasteiger charge is -2.37. The molecule has 1 aliphatic rings. The third-order valence-electron chi connectivity index (χ3n) is 3.40. The zero-order chi connectivity index (χ0) is 14.0. The van der Waals surface area contributed by atoms with E-state index < -0.39 is 11.5 Å². The summed E-state index contributed by atoms with van der Waals surface area (Å²) >= 11 is 3.14. The number of amides is 1. The monoisotopic (exact) mass is 330 g/mol. The van der Waals surface area contributed by atoms with Crippen molar-refractivity contribution in [2.75, 3.05) is 13.1 Å². The fourth-order valence-electron chi connectivity index (χ4n) is 2.36. The number of carbonyl (C=O) groups excluding carboxylic acids is 1. The van der Waals surface area contributed by atoms with E-state index in [-0.39, 0.29) is 12.4 Å². The van der Waals surface area contributed by atoms with Crippen LogP contribution < -0.4 is 5.73 Å². The third-order valence-corrected chi connectivity index (χ3v) is 4.01. The Morgan fingerprint density at radius 2 is 2.32 bits per heavy atom. The summed E-state index contributed by atoms with van der Waals surface area (Å²) in [7, 11) is 0. The highest BCUT2D eigenvalue weighted by Gasteiger charge is 2.38. The SMILES string of the molecule is NC(=O)C1(O)CCCN(Cc2ccc(F)c(Br)c2)C1. The number of likely N-dealkylation sites (tertiary alicyclic amines) is 1. The number of aliphatic hydroxyl groups is 1. The van der Waals surface area contributed by atoms with Crippen LogP contribution in [0, 0.1) is 5.82 Å². The first-order valence-corrected chi connectivity index (χ1v) is 6.88. The predicted octanol–water partition coefficient (Wildman–Crippen LogP) is 1.40. The second kappa shape index (κ2) is 5.56. The van der Waals surface area contributed by atoms with E-state index in [2.05, 4.69) is 15.9 Å². The number of hydrogen-bond donors (Lipinski definition) is 2. The molecule has 1 aliphatic heterocycles. The van der Waals surface area contributed by atoms with Crippen LogP contribution in [-0.2, 0) is 11.3 Å². The molecule has 1 fully saturated rings. The Morgan fingerprint density at radius 3 is 2.95 bits per heavy atom. The summed E-state index contributed by atoms with van der Waals surface area (Å²) in [4.78, 5) is 13.2. The van der Waals surface area contributed by atoms with Crippen LogP contribution in [0.5, 0.6) is 0 Å². The maximum absolute atomic E-state index is 13.1. The van der Waals surface area contributed by atoms with E-state index >= 15 is 0 Å². The summed E-state index contributed by atoms with van der Waals surface area (Å²) in [5.74, 6) is -0.992. The average Bonchev–Trinajstić information content (AvgIpc) is 2.34. The maximum atomic E-state index is 13.1. The molecular formula is C13H16BrFN2O2. The van der Waals surface area contributed by atoms with Crippen LogP contribution in [0.2, 0.25) is 0 Å². The molecule has 1 heterocycles. The molecule has 0 aliphatic carbocycles. The first kappa shape index (κ1) is 14.4. The third kappa shape index (κ3) is 3.32. The molecule has 0 saturated carbocycles. The standard InChI is InChI=1S/C13H16BrFN2O2/c14-10-6-9(2-3-11(10)15)7-17-5-1-4-13(19,8-17)12(16)18/h2-3,6,19H,1,4-5,7-8H2,(H2,16,18). The van der Waals surface area contributed by atoms with E-state index in [4.69, 9.17) is 5.73 Å². The Hall–Kier alpha value is -0.980. The first-order chi connectivity index (χ1) is 8.90. The van der Waals surface area contributed by atoms with Crippen LogP contribution in [0.3, 0.4) is 0 Å². The second-order valence-corrected chi connectivity index (χ2v) is 5.81. The van der Waals surface area contributed by atoms with Crippen LogP contribution in [0.15, 0.2) is 22.7 Å². The number of halogens is 2. The molecule has 4 nitrogen and oxygen atoms in total. The molecule has 1 saturated heterocycles.